The van der Waals surface area contributed by atoms with E-state index in [4.69, 9.17) is 0 Å². The predicted octanol–water partition coefficient (Wildman–Crippen LogP) is 4.53. The third kappa shape index (κ3) is 5.13. The predicted molar refractivity (Wildman–Crippen MR) is 111 cm³/mol. The van der Waals surface area contributed by atoms with Gasteiger partial charge >= 0.3 is 0 Å². The van der Waals surface area contributed by atoms with Crippen LogP contribution in [-0.4, -0.2) is 32.5 Å². The van der Waals surface area contributed by atoms with Crippen molar-refractivity contribution >= 4 is 17.7 Å². The van der Waals surface area contributed by atoms with E-state index < -0.39 is 0 Å². The van der Waals surface area contributed by atoms with Crippen LogP contribution in [0.3, 0.4) is 0 Å². The summed E-state index contributed by atoms with van der Waals surface area (Å²) in [5.41, 5.74) is 0.433. The van der Waals surface area contributed by atoms with Crippen molar-refractivity contribution in [1.82, 2.24) is 20.1 Å². The molecule has 0 aliphatic heterocycles. The first kappa shape index (κ1) is 20.8. The average Bonchev–Trinajstić information content (AvgIpc) is 3.04. The molecule has 1 aromatic heterocycles. The molecule has 3 rings (SSSR count). The molecule has 1 fully saturated rings. The lowest BCUT2D eigenvalue weighted by Crippen LogP contribution is -2.41. The Hall–Kier alpha value is -1.89. The first-order chi connectivity index (χ1) is 13.5. The lowest BCUT2D eigenvalue weighted by molar-refractivity contribution is -0.119. The van der Waals surface area contributed by atoms with E-state index in [1.807, 2.05) is 4.57 Å². The zero-order chi connectivity index (χ0) is 20.1. The zero-order valence-electron chi connectivity index (χ0n) is 16.8. The van der Waals surface area contributed by atoms with E-state index in [9.17, 15) is 9.18 Å². The van der Waals surface area contributed by atoms with Gasteiger partial charge in [0.1, 0.15) is 5.82 Å². The number of nitrogens with zero attached hydrogens (tertiary/aromatic N) is 3. The van der Waals surface area contributed by atoms with Gasteiger partial charge in [0.2, 0.25) is 5.91 Å². The molecule has 0 unspecified atom stereocenters. The Bertz CT molecular complexity index is 807. The third-order valence-corrected chi connectivity index (χ3v) is 6.14. The van der Waals surface area contributed by atoms with Crippen molar-refractivity contribution < 1.29 is 9.18 Å². The summed E-state index contributed by atoms with van der Waals surface area (Å²) in [6.45, 7) is 7.06. The molecule has 0 radical (unpaired) electrons. The molecule has 1 aliphatic rings. The summed E-state index contributed by atoms with van der Waals surface area (Å²) >= 11 is 1.36. The second kappa shape index (κ2) is 9.54. The minimum Gasteiger partial charge on any atom is -0.352 e. The van der Waals surface area contributed by atoms with Gasteiger partial charge < -0.3 is 9.88 Å². The van der Waals surface area contributed by atoms with E-state index in [1.165, 1.54) is 37.1 Å². The highest BCUT2D eigenvalue weighted by molar-refractivity contribution is 7.99. The second-order valence-corrected chi connectivity index (χ2v) is 8.96. The Morgan fingerprint density at radius 1 is 1.29 bits per heavy atom. The van der Waals surface area contributed by atoms with Crippen LogP contribution in [0.1, 0.15) is 46.5 Å². The molecule has 1 N–H and O–H groups in total. The normalized spacial score (nSPS) is 19.8. The number of nitrogens with one attached hydrogen (secondary N) is 1. The molecule has 0 bridgehead atoms. The van der Waals surface area contributed by atoms with Gasteiger partial charge in [-0.25, -0.2) is 4.39 Å². The Morgan fingerprint density at radius 3 is 2.75 bits per heavy atom. The SMILES string of the molecule is CC(C)Cn1c(SCC(=O)N[C@H]2CCCC[C@@H]2C)nnc1-c1ccccc1F. The topological polar surface area (TPSA) is 59.8 Å². The van der Waals surface area contributed by atoms with Gasteiger partial charge in [-0.2, -0.15) is 0 Å². The fourth-order valence-corrected chi connectivity index (χ4v) is 4.44. The van der Waals surface area contributed by atoms with Crippen LogP contribution in [0.25, 0.3) is 11.4 Å². The zero-order valence-corrected chi connectivity index (χ0v) is 17.6. The van der Waals surface area contributed by atoms with Crippen LogP contribution < -0.4 is 5.32 Å². The molecule has 2 atom stereocenters. The minimum absolute atomic E-state index is 0.0234. The number of hydrogen-bond donors (Lipinski definition) is 1. The Balaban J connectivity index is 1.71. The van der Waals surface area contributed by atoms with Gasteiger partial charge in [0.15, 0.2) is 11.0 Å². The largest absolute Gasteiger partial charge is 0.352 e. The van der Waals surface area contributed by atoms with Gasteiger partial charge in [-0.3, -0.25) is 4.79 Å². The maximum absolute atomic E-state index is 14.3. The lowest BCUT2D eigenvalue weighted by atomic mass is 9.86. The minimum atomic E-state index is -0.319. The fraction of sp³-hybridized carbons (Fsp3) is 0.571. The number of rotatable bonds is 7. The van der Waals surface area contributed by atoms with Crippen LogP contribution in [0.5, 0.6) is 0 Å². The van der Waals surface area contributed by atoms with Gasteiger partial charge in [-0.1, -0.05) is 57.5 Å². The molecule has 0 spiro atoms. The van der Waals surface area contributed by atoms with Crippen LogP contribution in [0.4, 0.5) is 4.39 Å². The highest BCUT2D eigenvalue weighted by Crippen LogP contribution is 2.27. The van der Waals surface area contributed by atoms with Gasteiger partial charge in [0, 0.05) is 12.6 Å². The summed E-state index contributed by atoms with van der Waals surface area (Å²) in [6, 6.07) is 6.86. The molecular formula is C21H29FN4OS. The number of thioether (sulfide) groups is 1. The Labute approximate surface area is 170 Å². The number of benzene rings is 1. The van der Waals surface area contributed by atoms with Crippen molar-refractivity contribution in [3.63, 3.8) is 0 Å². The molecule has 7 heteroatoms. The van der Waals surface area contributed by atoms with E-state index >= 15 is 0 Å². The number of amides is 1. The van der Waals surface area contributed by atoms with E-state index in [0.717, 1.165) is 6.42 Å². The van der Waals surface area contributed by atoms with E-state index in [-0.39, 0.29) is 23.5 Å². The third-order valence-electron chi connectivity index (χ3n) is 5.17. The standard InChI is InChI=1S/C21H29FN4OS/c1-14(2)12-26-20(16-9-5-6-10-17(16)22)24-25-21(26)28-13-19(27)23-18-11-7-4-8-15(18)3/h5-6,9-10,14-15,18H,4,7-8,11-13H2,1-3H3,(H,23,27)/t15-,18-/m0/s1. The molecule has 1 aliphatic carbocycles. The molecule has 152 valence electrons. The van der Waals surface area contributed by atoms with Gasteiger partial charge in [0.25, 0.3) is 0 Å². The van der Waals surface area contributed by atoms with Crippen molar-refractivity contribution in [2.24, 2.45) is 11.8 Å². The molecule has 1 amide bonds. The number of carbonyl (C=O) groups excluding carboxylic acids is 1. The van der Waals surface area contributed by atoms with Crippen LogP contribution in [0, 0.1) is 17.7 Å². The van der Waals surface area contributed by atoms with Gasteiger partial charge in [-0.05, 0) is 36.8 Å². The van der Waals surface area contributed by atoms with Gasteiger partial charge in [-0.15, -0.1) is 10.2 Å². The quantitative estimate of drug-likeness (QED) is 0.689. The first-order valence-electron chi connectivity index (χ1n) is 10.1. The van der Waals surface area contributed by atoms with Gasteiger partial charge in [0.05, 0.1) is 11.3 Å². The van der Waals surface area contributed by atoms with Crippen LogP contribution in [0.15, 0.2) is 29.4 Å². The fourth-order valence-electron chi connectivity index (χ4n) is 3.68. The van der Waals surface area contributed by atoms with Crippen molar-refractivity contribution in [2.45, 2.75) is 64.2 Å². The summed E-state index contributed by atoms with van der Waals surface area (Å²) < 4.78 is 16.2. The maximum Gasteiger partial charge on any atom is 0.230 e. The van der Waals surface area contributed by atoms with Crippen molar-refractivity contribution in [3.8, 4) is 11.4 Å². The number of carbonyl (C=O) groups is 1. The number of aromatic nitrogens is 3. The molecule has 5 nitrogen and oxygen atoms in total. The Morgan fingerprint density at radius 2 is 2.04 bits per heavy atom. The van der Waals surface area contributed by atoms with E-state index in [0.29, 0.717) is 34.9 Å². The molecular weight excluding hydrogens is 375 g/mol. The molecule has 2 aromatic rings. The van der Waals surface area contributed by atoms with Crippen molar-refractivity contribution in [2.75, 3.05) is 5.75 Å². The molecule has 28 heavy (non-hydrogen) atoms. The van der Waals surface area contributed by atoms with Crippen molar-refractivity contribution in [3.05, 3.63) is 30.1 Å². The Kier molecular flexibility index (Phi) is 7.10. The summed E-state index contributed by atoms with van der Waals surface area (Å²) in [5.74, 6) is 1.38. The highest BCUT2D eigenvalue weighted by atomic mass is 32.2. The van der Waals surface area contributed by atoms with Crippen LogP contribution in [0.2, 0.25) is 0 Å². The molecule has 1 heterocycles. The average molecular weight is 405 g/mol. The molecule has 1 saturated carbocycles. The summed E-state index contributed by atoms with van der Waals surface area (Å²) in [6.07, 6.45) is 4.65. The van der Waals surface area contributed by atoms with Crippen molar-refractivity contribution in [1.29, 1.82) is 0 Å². The number of hydrogen-bond acceptors (Lipinski definition) is 4. The first-order valence-corrected chi connectivity index (χ1v) is 11.0. The summed E-state index contributed by atoms with van der Waals surface area (Å²) in [5, 5.41) is 12.3. The second-order valence-electron chi connectivity index (χ2n) is 8.01. The summed E-state index contributed by atoms with van der Waals surface area (Å²) in [7, 11) is 0. The van der Waals surface area contributed by atoms with Crippen LogP contribution >= 0.6 is 11.8 Å². The van der Waals surface area contributed by atoms with E-state index in [2.05, 4.69) is 36.3 Å². The smallest absolute Gasteiger partial charge is 0.230 e. The highest BCUT2D eigenvalue weighted by Gasteiger charge is 2.23. The van der Waals surface area contributed by atoms with Crippen LogP contribution in [-0.2, 0) is 11.3 Å². The molecule has 1 aromatic carbocycles. The van der Waals surface area contributed by atoms with E-state index in [1.54, 1.807) is 18.2 Å². The number of halogens is 1. The summed E-state index contributed by atoms with van der Waals surface area (Å²) in [4.78, 5) is 12.4. The monoisotopic (exact) mass is 404 g/mol. The maximum atomic E-state index is 14.3. The molecule has 0 saturated heterocycles. The lowest BCUT2D eigenvalue weighted by Gasteiger charge is -2.29.